The summed E-state index contributed by atoms with van der Waals surface area (Å²) in [6, 6.07) is 34.2. The van der Waals surface area contributed by atoms with Gasteiger partial charge in [-0.15, -0.1) is 11.6 Å². The third-order valence-electron chi connectivity index (χ3n) is 11.1. The number of piperidine rings is 1. The Kier molecular flexibility index (Phi) is 13.3. The van der Waals surface area contributed by atoms with Crippen molar-refractivity contribution in [3.05, 3.63) is 131 Å². The summed E-state index contributed by atoms with van der Waals surface area (Å²) < 4.78 is 6.18. The molecule has 0 aromatic heterocycles. The number of anilines is 1. The number of unbranched alkanes of at least 4 members (excludes halogenated alkanes) is 1. The van der Waals surface area contributed by atoms with E-state index in [4.69, 9.17) is 16.3 Å². The number of rotatable bonds is 16. The van der Waals surface area contributed by atoms with Crippen LogP contribution in [0.15, 0.2) is 103 Å². The van der Waals surface area contributed by atoms with Gasteiger partial charge in [-0.25, -0.2) is 0 Å². The Balaban J connectivity index is 0.827. The molecule has 1 unspecified atom stereocenters. The minimum Gasteiger partial charge on any atom is -0.492 e. The van der Waals surface area contributed by atoms with Gasteiger partial charge in [-0.05, 0) is 77.8 Å². The van der Waals surface area contributed by atoms with Crippen LogP contribution in [0.1, 0.15) is 71.1 Å². The zero-order valence-electron chi connectivity index (χ0n) is 32.3. The molecule has 3 aliphatic rings. The summed E-state index contributed by atoms with van der Waals surface area (Å²) in [7, 11) is 0. The van der Waals surface area contributed by atoms with Gasteiger partial charge in [0.05, 0.1) is 0 Å². The standard InChI is InChI=1S/C46H50ClN5O5/c47-24-23-37(33-10-3-1-4-11-33)44(34-12-5-2-6-13-34)35-17-19-36(20-18-35)57-31-30-50-26-28-51(29-27-50)43(54)16-7-8-25-48-40-15-9-14-38-39(40)32-52(46(38)56)41-21-22-42(53)49-45(41)55/h1-6,9-15,17-20,41,48H,7-8,16,21-32H2,(H,49,53,55). The maximum absolute atomic E-state index is 13.1. The first kappa shape index (κ1) is 39.8. The number of ether oxygens (including phenoxy) is 1. The Morgan fingerprint density at radius 1 is 0.789 bits per heavy atom. The monoisotopic (exact) mass is 787 g/mol. The molecule has 0 saturated carbocycles. The number of allylic oxidation sites excluding steroid dienone is 1. The molecular formula is C46H50ClN5O5. The normalized spacial score (nSPS) is 17.6. The highest BCUT2D eigenvalue weighted by Gasteiger charge is 2.39. The van der Waals surface area contributed by atoms with E-state index in [1.807, 2.05) is 41.3 Å². The predicted octanol–water partition coefficient (Wildman–Crippen LogP) is 6.84. The van der Waals surface area contributed by atoms with Crippen LogP contribution in [-0.2, 0) is 20.9 Å². The maximum Gasteiger partial charge on any atom is 0.255 e. The molecule has 0 bridgehead atoms. The smallest absolute Gasteiger partial charge is 0.255 e. The number of imide groups is 1. The van der Waals surface area contributed by atoms with Crippen molar-refractivity contribution in [2.24, 2.45) is 0 Å². The molecule has 10 nitrogen and oxygen atoms in total. The molecule has 0 spiro atoms. The van der Waals surface area contributed by atoms with Crippen molar-refractivity contribution in [2.75, 3.05) is 57.1 Å². The van der Waals surface area contributed by atoms with E-state index >= 15 is 0 Å². The first-order chi connectivity index (χ1) is 27.9. The number of benzene rings is 4. The molecule has 4 aromatic rings. The Bertz CT molecular complexity index is 2070. The fourth-order valence-corrected chi connectivity index (χ4v) is 8.22. The Hall–Kier alpha value is -5.45. The van der Waals surface area contributed by atoms with E-state index in [2.05, 4.69) is 76.2 Å². The summed E-state index contributed by atoms with van der Waals surface area (Å²) in [5, 5.41) is 5.80. The maximum atomic E-state index is 13.1. The van der Waals surface area contributed by atoms with Gasteiger partial charge in [0.15, 0.2) is 0 Å². The van der Waals surface area contributed by atoms with Crippen LogP contribution in [0.25, 0.3) is 11.1 Å². The molecule has 3 heterocycles. The van der Waals surface area contributed by atoms with Crippen LogP contribution in [0.5, 0.6) is 5.75 Å². The molecule has 57 heavy (non-hydrogen) atoms. The summed E-state index contributed by atoms with van der Waals surface area (Å²) in [6.07, 6.45) is 3.38. The molecule has 4 aromatic carbocycles. The molecule has 11 heteroatoms. The topological polar surface area (TPSA) is 111 Å². The molecule has 296 valence electrons. The van der Waals surface area contributed by atoms with Crippen molar-refractivity contribution in [1.82, 2.24) is 20.0 Å². The highest BCUT2D eigenvalue weighted by atomic mass is 35.5. The number of fused-ring (bicyclic) bond motifs is 1. The van der Waals surface area contributed by atoms with Gasteiger partial charge in [0.25, 0.3) is 5.91 Å². The summed E-state index contributed by atoms with van der Waals surface area (Å²) in [5.41, 5.74) is 8.14. The minimum absolute atomic E-state index is 0.183. The SMILES string of the molecule is O=C1CCC(N2Cc3c(NCCCCC(=O)N4CCN(CCOc5ccc(C(=C(CCCl)c6ccccc6)c6ccccc6)cc5)CC4)cccc3C2=O)C(=O)N1. The lowest BCUT2D eigenvalue weighted by molar-refractivity contribution is -0.137. The Labute approximate surface area is 339 Å². The fourth-order valence-electron chi connectivity index (χ4n) is 8.03. The van der Waals surface area contributed by atoms with Crippen molar-refractivity contribution in [1.29, 1.82) is 0 Å². The highest BCUT2D eigenvalue weighted by Crippen LogP contribution is 2.36. The lowest BCUT2D eigenvalue weighted by atomic mass is 9.88. The van der Waals surface area contributed by atoms with E-state index < -0.39 is 11.9 Å². The van der Waals surface area contributed by atoms with Gasteiger partial charge in [-0.1, -0.05) is 78.9 Å². The Morgan fingerprint density at radius 3 is 2.19 bits per heavy atom. The molecule has 3 aliphatic heterocycles. The largest absolute Gasteiger partial charge is 0.492 e. The van der Waals surface area contributed by atoms with Gasteiger partial charge in [0.1, 0.15) is 18.4 Å². The second-order valence-corrected chi connectivity index (χ2v) is 15.1. The van der Waals surface area contributed by atoms with Crippen LogP contribution in [0.2, 0.25) is 0 Å². The van der Waals surface area contributed by atoms with E-state index in [1.165, 1.54) is 16.7 Å². The van der Waals surface area contributed by atoms with Crippen LogP contribution in [0.3, 0.4) is 0 Å². The molecule has 0 aliphatic carbocycles. The van der Waals surface area contributed by atoms with E-state index in [0.29, 0.717) is 57.1 Å². The second kappa shape index (κ2) is 19.1. The van der Waals surface area contributed by atoms with Crippen LogP contribution < -0.4 is 15.4 Å². The van der Waals surface area contributed by atoms with Crippen LogP contribution >= 0.6 is 11.6 Å². The average Bonchev–Trinajstić information content (AvgIpc) is 3.58. The zero-order chi connectivity index (χ0) is 39.6. The first-order valence-electron chi connectivity index (χ1n) is 20.0. The van der Waals surface area contributed by atoms with E-state index in [1.54, 1.807) is 11.0 Å². The van der Waals surface area contributed by atoms with Crippen molar-refractivity contribution in [2.45, 2.75) is 51.1 Å². The van der Waals surface area contributed by atoms with Crippen molar-refractivity contribution < 1.29 is 23.9 Å². The summed E-state index contributed by atoms with van der Waals surface area (Å²) in [5.74, 6) is 0.641. The van der Waals surface area contributed by atoms with E-state index in [9.17, 15) is 19.2 Å². The van der Waals surface area contributed by atoms with E-state index in [-0.39, 0.29) is 24.1 Å². The molecule has 2 saturated heterocycles. The van der Waals surface area contributed by atoms with Crippen LogP contribution in [0.4, 0.5) is 5.69 Å². The lowest BCUT2D eigenvalue weighted by Gasteiger charge is -2.34. The molecular weight excluding hydrogens is 738 g/mol. The quantitative estimate of drug-likeness (QED) is 0.0554. The summed E-state index contributed by atoms with van der Waals surface area (Å²) in [4.78, 5) is 56.1. The number of halogens is 1. The number of amides is 4. The second-order valence-electron chi connectivity index (χ2n) is 14.7. The number of hydrogen-bond acceptors (Lipinski definition) is 7. The molecule has 7 rings (SSSR count). The number of piperazine rings is 1. The third kappa shape index (κ3) is 9.75. The van der Waals surface area contributed by atoms with Crippen LogP contribution in [0, 0.1) is 0 Å². The molecule has 0 radical (unpaired) electrons. The van der Waals surface area contributed by atoms with Gasteiger partial charge in [0, 0.05) is 81.3 Å². The van der Waals surface area contributed by atoms with Gasteiger partial charge >= 0.3 is 0 Å². The number of nitrogens with one attached hydrogen (secondary N) is 2. The number of hydrogen-bond donors (Lipinski definition) is 2. The van der Waals surface area contributed by atoms with Gasteiger partial charge < -0.3 is 19.9 Å². The number of alkyl halides is 1. The summed E-state index contributed by atoms with van der Waals surface area (Å²) in [6.45, 7) is 5.40. The average molecular weight is 788 g/mol. The predicted molar refractivity (Wildman–Crippen MR) is 224 cm³/mol. The zero-order valence-corrected chi connectivity index (χ0v) is 33.0. The first-order valence-corrected chi connectivity index (χ1v) is 20.6. The lowest BCUT2D eigenvalue weighted by Crippen LogP contribution is -2.52. The number of carbonyl (C=O) groups is 4. The van der Waals surface area contributed by atoms with E-state index in [0.717, 1.165) is 67.0 Å². The molecule has 1 atom stereocenters. The number of nitrogens with zero attached hydrogens (tertiary/aromatic N) is 3. The third-order valence-corrected chi connectivity index (χ3v) is 11.3. The highest BCUT2D eigenvalue weighted by molar-refractivity contribution is 6.18. The van der Waals surface area contributed by atoms with Crippen molar-refractivity contribution in [3.8, 4) is 5.75 Å². The molecule has 4 amide bonds. The Morgan fingerprint density at radius 2 is 1.49 bits per heavy atom. The van der Waals surface area contributed by atoms with Gasteiger partial charge in [-0.3, -0.25) is 29.4 Å². The molecule has 2 fully saturated rings. The van der Waals surface area contributed by atoms with Crippen molar-refractivity contribution >= 4 is 52.1 Å². The van der Waals surface area contributed by atoms with Crippen LogP contribution in [-0.4, -0.2) is 96.1 Å². The summed E-state index contributed by atoms with van der Waals surface area (Å²) >= 11 is 6.32. The van der Waals surface area contributed by atoms with Gasteiger partial charge in [0.2, 0.25) is 17.7 Å². The molecule has 2 N–H and O–H groups in total. The number of carbonyl (C=O) groups excluding carboxylic acids is 4. The fraction of sp³-hybridized carbons (Fsp3) is 0.348. The van der Waals surface area contributed by atoms with Crippen molar-refractivity contribution in [3.63, 3.8) is 0 Å². The minimum atomic E-state index is -0.640. The van der Waals surface area contributed by atoms with Gasteiger partial charge in [-0.2, -0.15) is 0 Å².